The van der Waals surface area contributed by atoms with Gasteiger partial charge in [0.15, 0.2) is 5.17 Å². The number of sulfonamides is 1. The van der Waals surface area contributed by atoms with Crippen molar-refractivity contribution in [2.45, 2.75) is 39.3 Å². The molecule has 0 saturated carbocycles. The lowest BCUT2D eigenvalue weighted by atomic mass is 10.1. The molecule has 1 rings (SSSR count). The summed E-state index contributed by atoms with van der Waals surface area (Å²) in [5, 5.41) is 4.28. The molecule has 7 heteroatoms. The first kappa shape index (κ1) is 15.8. The molecule has 0 amide bonds. The topological polar surface area (TPSA) is 70.6 Å². The molecule has 5 nitrogen and oxygen atoms in total. The summed E-state index contributed by atoms with van der Waals surface area (Å²) < 4.78 is 25.0. The Morgan fingerprint density at radius 1 is 1.56 bits per heavy atom. The van der Waals surface area contributed by atoms with E-state index in [-0.39, 0.29) is 0 Å². The first-order chi connectivity index (χ1) is 8.09. The Bertz CT molecular complexity index is 416. The van der Waals surface area contributed by atoms with Gasteiger partial charge in [-0.1, -0.05) is 25.6 Å². The van der Waals surface area contributed by atoms with Crippen LogP contribution in [0, 0.1) is 5.92 Å². The molecule has 0 aromatic carbocycles. The largest absolute Gasteiger partial charge is 0.361 e. The molecule has 1 heterocycles. The van der Waals surface area contributed by atoms with Crippen molar-refractivity contribution >= 4 is 27.0 Å². The predicted molar refractivity (Wildman–Crippen MR) is 78.6 cm³/mol. The number of nitrogens with zero attached hydrogens (tertiary/aromatic N) is 1. The van der Waals surface area contributed by atoms with Gasteiger partial charge in [0.2, 0.25) is 10.0 Å². The normalized spacial score (nSPS) is 23.7. The van der Waals surface area contributed by atoms with Crippen molar-refractivity contribution in [2.75, 3.05) is 18.6 Å². The van der Waals surface area contributed by atoms with Gasteiger partial charge < -0.3 is 5.32 Å². The van der Waals surface area contributed by atoms with E-state index in [4.69, 9.17) is 0 Å². The lowest BCUT2D eigenvalue weighted by molar-refractivity contribution is 0.464. The van der Waals surface area contributed by atoms with Crippen LogP contribution in [0.3, 0.4) is 0 Å². The summed E-state index contributed by atoms with van der Waals surface area (Å²) in [6.07, 6.45) is 1.17. The minimum Gasteiger partial charge on any atom is -0.361 e. The first-order valence-electron chi connectivity index (χ1n) is 6.02. The van der Waals surface area contributed by atoms with Crippen LogP contribution in [0.1, 0.15) is 27.7 Å². The molecule has 1 saturated heterocycles. The van der Waals surface area contributed by atoms with Crippen LogP contribution in [0.4, 0.5) is 0 Å². The van der Waals surface area contributed by atoms with E-state index >= 15 is 0 Å². The van der Waals surface area contributed by atoms with Crippen molar-refractivity contribution in [1.29, 1.82) is 0 Å². The number of amidine groups is 1. The Morgan fingerprint density at radius 3 is 2.61 bits per heavy atom. The summed E-state index contributed by atoms with van der Waals surface area (Å²) in [7, 11) is -3.20. The summed E-state index contributed by atoms with van der Waals surface area (Å²) in [6.45, 7) is 8.45. The first-order valence-corrected chi connectivity index (χ1v) is 8.89. The molecule has 0 aromatic rings. The Morgan fingerprint density at radius 2 is 2.17 bits per heavy atom. The molecule has 106 valence electrons. The SMILES string of the molecule is CC(C)[C@H]1CSC(=NCC(C)(C)NS(C)(=O)=O)N1. The van der Waals surface area contributed by atoms with E-state index in [9.17, 15) is 8.42 Å². The molecule has 1 fully saturated rings. The highest BCUT2D eigenvalue weighted by Crippen LogP contribution is 2.19. The van der Waals surface area contributed by atoms with Crippen LogP contribution < -0.4 is 10.0 Å². The van der Waals surface area contributed by atoms with Gasteiger partial charge in [0.05, 0.1) is 12.8 Å². The van der Waals surface area contributed by atoms with Gasteiger partial charge >= 0.3 is 0 Å². The maximum absolute atomic E-state index is 11.2. The third-order valence-corrected chi connectivity index (χ3v) is 4.56. The van der Waals surface area contributed by atoms with Crippen LogP contribution >= 0.6 is 11.8 Å². The highest BCUT2D eigenvalue weighted by Gasteiger charge is 2.25. The van der Waals surface area contributed by atoms with Gasteiger partial charge in [-0.2, -0.15) is 0 Å². The molecule has 18 heavy (non-hydrogen) atoms. The maximum atomic E-state index is 11.2. The Kier molecular flexibility index (Phi) is 5.08. The lowest BCUT2D eigenvalue weighted by Crippen LogP contribution is -2.45. The molecule has 1 aliphatic rings. The molecule has 1 atom stereocenters. The van der Waals surface area contributed by atoms with Crippen molar-refractivity contribution in [3.8, 4) is 0 Å². The van der Waals surface area contributed by atoms with Crippen molar-refractivity contribution in [1.82, 2.24) is 10.0 Å². The van der Waals surface area contributed by atoms with Gasteiger partial charge in [0.25, 0.3) is 0 Å². The van der Waals surface area contributed by atoms with E-state index in [0.29, 0.717) is 18.5 Å². The molecular weight excluding hydrogens is 270 g/mol. The fourth-order valence-electron chi connectivity index (χ4n) is 1.66. The molecule has 2 N–H and O–H groups in total. The minimum absolute atomic E-state index is 0.431. The van der Waals surface area contributed by atoms with Crippen molar-refractivity contribution in [2.24, 2.45) is 10.9 Å². The second kappa shape index (κ2) is 5.79. The second-order valence-corrected chi connectivity index (χ2v) is 8.44. The number of hydrogen-bond donors (Lipinski definition) is 2. The molecular formula is C11H23N3O2S2. The fraction of sp³-hybridized carbons (Fsp3) is 0.909. The molecule has 0 radical (unpaired) electrons. The Hall–Kier alpha value is -0.270. The van der Waals surface area contributed by atoms with Crippen molar-refractivity contribution < 1.29 is 8.42 Å². The number of aliphatic imine (C=N–C) groups is 1. The van der Waals surface area contributed by atoms with Crippen LogP contribution in [-0.4, -0.2) is 43.7 Å². The maximum Gasteiger partial charge on any atom is 0.209 e. The Balaban J connectivity index is 2.54. The zero-order chi connectivity index (χ0) is 14.0. The van der Waals surface area contributed by atoms with Gasteiger partial charge in [-0.25, -0.2) is 13.1 Å². The monoisotopic (exact) mass is 293 g/mol. The molecule has 1 aliphatic heterocycles. The van der Waals surface area contributed by atoms with Gasteiger partial charge in [-0.15, -0.1) is 0 Å². The van der Waals surface area contributed by atoms with Gasteiger partial charge in [-0.3, -0.25) is 4.99 Å². The quantitative estimate of drug-likeness (QED) is 0.794. The van der Waals surface area contributed by atoms with Crippen LogP contribution in [0.15, 0.2) is 4.99 Å². The third-order valence-electron chi connectivity index (χ3n) is 2.59. The predicted octanol–water partition coefficient (Wildman–Crippen LogP) is 1.03. The minimum atomic E-state index is -3.20. The van der Waals surface area contributed by atoms with Crippen molar-refractivity contribution in [3.63, 3.8) is 0 Å². The zero-order valence-corrected chi connectivity index (χ0v) is 13.3. The number of rotatable bonds is 5. The number of nitrogens with one attached hydrogen (secondary N) is 2. The Labute approximate surface area is 114 Å². The average molecular weight is 293 g/mol. The lowest BCUT2D eigenvalue weighted by Gasteiger charge is -2.23. The van der Waals surface area contributed by atoms with E-state index in [1.807, 2.05) is 13.8 Å². The smallest absolute Gasteiger partial charge is 0.209 e. The van der Waals surface area contributed by atoms with E-state index in [1.165, 1.54) is 6.26 Å². The number of thioether (sulfide) groups is 1. The summed E-state index contributed by atoms with van der Waals surface area (Å²) in [5.74, 6) is 1.60. The summed E-state index contributed by atoms with van der Waals surface area (Å²) in [4.78, 5) is 4.45. The van der Waals surface area contributed by atoms with Crippen LogP contribution in [0.5, 0.6) is 0 Å². The van der Waals surface area contributed by atoms with Crippen LogP contribution in [0.2, 0.25) is 0 Å². The molecule has 0 bridgehead atoms. The standard InChI is InChI=1S/C11H23N3O2S2/c1-8(2)9-6-17-10(13-9)12-7-11(3,4)14-18(5,15)16/h8-9,14H,6-7H2,1-5H3,(H,12,13)/t9-/m1/s1. The van der Waals surface area contributed by atoms with Crippen LogP contribution in [0.25, 0.3) is 0 Å². The summed E-state index contributed by atoms with van der Waals surface area (Å²) >= 11 is 1.70. The highest BCUT2D eigenvalue weighted by molar-refractivity contribution is 8.14. The number of hydrogen-bond acceptors (Lipinski definition) is 4. The summed E-state index contributed by atoms with van der Waals surface area (Å²) in [6, 6.07) is 0.458. The molecule has 0 spiro atoms. The third kappa shape index (κ3) is 5.58. The molecule has 0 unspecified atom stereocenters. The summed E-state index contributed by atoms with van der Waals surface area (Å²) in [5.41, 5.74) is -0.557. The van der Waals surface area contributed by atoms with E-state index in [1.54, 1.807) is 11.8 Å². The van der Waals surface area contributed by atoms with E-state index in [2.05, 4.69) is 28.9 Å². The van der Waals surface area contributed by atoms with E-state index in [0.717, 1.165) is 10.9 Å². The van der Waals surface area contributed by atoms with Crippen molar-refractivity contribution in [3.05, 3.63) is 0 Å². The van der Waals surface area contributed by atoms with E-state index < -0.39 is 15.6 Å². The fourth-order valence-corrected chi connectivity index (χ4v) is 3.93. The molecule has 0 aromatic heterocycles. The van der Waals surface area contributed by atoms with Gasteiger partial charge in [-0.05, 0) is 19.8 Å². The second-order valence-electron chi connectivity index (χ2n) is 5.69. The highest BCUT2D eigenvalue weighted by atomic mass is 32.2. The average Bonchev–Trinajstić information content (AvgIpc) is 2.59. The van der Waals surface area contributed by atoms with Gasteiger partial charge in [0, 0.05) is 17.3 Å². The van der Waals surface area contributed by atoms with Gasteiger partial charge in [0.1, 0.15) is 0 Å². The zero-order valence-electron chi connectivity index (χ0n) is 11.6. The van der Waals surface area contributed by atoms with Crippen LogP contribution in [-0.2, 0) is 10.0 Å². The molecule has 0 aliphatic carbocycles.